The van der Waals surface area contributed by atoms with Crippen molar-refractivity contribution in [1.29, 1.82) is 5.26 Å². The molecular weight excluding hydrogens is 294 g/mol. The van der Waals surface area contributed by atoms with Gasteiger partial charge in [0, 0.05) is 6.04 Å². The van der Waals surface area contributed by atoms with Gasteiger partial charge in [-0.1, -0.05) is 6.07 Å². The molecule has 1 N–H and O–H groups in total. The molecule has 0 saturated carbocycles. The van der Waals surface area contributed by atoms with Gasteiger partial charge in [-0.05, 0) is 41.6 Å². The van der Waals surface area contributed by atoms with Gasteiger partial charge in [0.1, 0.15) is 5.82 Å². The third-order valence-electron chi connectivity index (χ3n) is 1.75. The topological polar surface area (TPSA) is 35.8 Å². The second kappa shape index (κ2) is 5.15. The number of hydrogen-bond acceptors (Lipinski definition) is 2. The molecule has 0 saturated heterocycles. The average molecular weight is 304 g/mol. The molecule has 74 valence electrons. The Morgan fingerprint density at radius 3 is 3.00 bits per heavy atom. The fourth-order valence-corrected chi connectivity index (χ4v) is 1.58. The summed E-state index contributed by atoms with van der Waals surface area (Å²) < 4.78 is 13.7. The van der Waals surface area contributed by atoms with Crippen molar-refractivity contribution in [2.45, 2.75) is 19.4 Å². The summed E-state index contributed by atoms with van der Waals surface area (Å²) in [5.74, 6) is -0.236. The Morgan fingerprint density at radius 2 is 2.36 bits per heavy atom. The lowest BCUT2D eigenvalue weighted by atomic mass is 10.2. The van der Waals surface area contributed by atoms with Crippen molar-refractivity contribution in [3.05, 3.63) is 27.6 Å². The highest BCUT2D eigenvalue weighted by atomic mass is 127. The molecule has 4 heteroatoms. The second-order valence-corrected chi connectivity index (χ2v) is 4.09. The van der Waals surface area contributed by atoms with Crippen molar-refractivity contribution < 1.29 is 4.39 Å². The van der Waals surface area contributed by atoms with Gasteiger partial charge in [-0.15, -0.1) is 0 Å². The van der Waals surface area contributed by atoms with E-state index in [0.717, 1.165) is 5.69 Å². The highest BCUT2D eigenvalue weighted by Crippen LogP contribution is 2.21. The molecule has 1 aromatic rings. The summed E-state index contributed by atoms with van der Waals surface area (Å²) in [6.45, 7) is 1.89. The van der Waals surface area contributed by atoms with E-state index in [9.17, 15) is 4.39 Å². The number of rotatable bonds is 3. The van der Waals surface area contributed by atoms with Gasteiger partial charge in [-0.25, -0.2) is 4.39 Å². The molecule has 0 fully saturated rings. The molecule has 0 amide bonds. The fourth-order valence-electron chi connectivity index (χ4n) is 1.07. The predicted molar refractivity (Wildman–Crippen MR) is 62.4 cm³/mol. The molecule has 0 aromatic heterocycles. The maximum absolute atomic E-state index is 13.1. The first kappa shape index (κ1) is 11.2. The van der Waals surface area contributed by atoms with E-state index in [1.807, 2.05) is 29.5 Å². The Labute approximate surface area is 96.3 Å². The van der Waals surface area contributed by atoms with Crippen LogP contribution < -0.4 is 5.32 Å². The van der Waals surface area contributed by atoms with Crippen LogP contribution in [0.15, 0.2) is 18.2 Å². The molecule has 0 aliphatic rings. The van der Waals surface area contributed by atoms with Crippen LogP contribution in [0, 0.1) is 20.7 Å². The Morgan fingerprint density at radius 1 is 1.64 bits per heavy atom. The number of nitriles is 1. The Bertz CT molecular complexity index is 360. The van der Waals surface area contributed by atoms with E-state index in [1.165, 1.54) is 6.07 Å². The minimum atomic E-state index is -0.236. The molecule has 0 bridgehead atoms. The molecule has 0 spiro atoms. The summed E-state index contributed by atoms with van der Waals surface area (Å²) in [7, 11) is 0. The normalized spacial score (nSPS) is 11.9. The first-order chi connectivity index (χ1) is 6.65. The molecule has 0 aliphatic heterocycles. The van der Waals surface area contributed by atoms with Crippen molar-refractivity contribution in [1.82, 2.24) is 0 Å². The SMILES string of the molecule is CC(CC#N)Nc1cccc(F)c1I. The van der Waals surface area contributed by atoms with Crippen molar-refractivity contribution >= 4 is 28.3 Å². The van der Waals surface area contributed by atoms with Crippen LogP contribution in [0.1, 0.15) is 13.3 Å². The average Bonchev–Trinajstić information content (AvgIpc) is 2.13. The number of benzene rings is 1. The maximum Gasteiger partial charge on any atom is 0.138 e. The van der Waals surface area contributed by atoms with E-state index in [0.29, 0.717) is 9.99 Å². The molecule has 1 rings (SSSR count). The van der Waals surface area contributed by atoms with E-state index < -0.39 is 0 Å². The number of anilines is 1. The van der Waals surface area contributed by atoms with Crippen LogP contribution in [0.25, 0.3) is 0 Å². The van der Waals surface area contributed by atoms with Gasteiger partial charge in [-0.3, -0.25) is 0 Å². The molecule has 1 unspecified atom stereocenters. The van der Waals surface area contributed by atoms with Crippen molar-refractivity contribution in [2.24, 2.45) is 0 Å². The molecular formula is C10H10FIN2. The minimum absolute atomic E-state index is 0.0373. The lowest BCUT2D eigenvalue weighted by Gasteiger charge is -2.13. The quantitative estimate of drug-likeness (QED) is 0.871. The van der Waals surface area contributed by atoms with Crippen LogP contribution in [0.5, 0.6) is 0 Å². The van der Waals surface area contributed by atoms with E-state index in [4.69, 9.17) is 5.26 Å². The van der Waals surface area contributed by atoms with E-state index in [2.05, 4.69) is 11.4 Å². The largest absolute Gasteiger partial charge is 0.381 e. The van der Waals surface area contributed by atoms with Crippen LogP contribution >= 0.6 is 22.6 Å². The smallest absolute Gasteiger partial charge is 0.138 e. The van der Waals surface area contributed by atoms with Gasteiger partial charge in [0.25, 0.3) is 0 Å². The molecule has 1 atom stereocenters. The van der Waals surface area contributed by atoms with Crippen molar-refractivity contribution in [3.63, 3.8) is 0 Å². The summed E-state index contributed by atoms with van der Waals surface area (Å²) in [5.41, 5.74) is 0.744. The summed E-state index contributed by atoms with van der Waals surface area (Å²) in [4.78, 5) is 0. The maximum atomic E-state index is 13.1. The van der Waals surface area contributed by atoms with Gasteiger partial charge >= 0.3 is 0 Å². The molecule has 0 radical (unpaired) electrons. The number of nitrogens with zero attached hydrogens (tertiary/aromatic N) is 1. The fraction of sp³-hybridized carbons (Fsp3) is 0.300. The summed E-state index contributed by atoms with van der Waals surface area (Å²) in [6.07, 6.45) is 0.409. The lowest BCUT2D eigenvalue weighted by molar-refractivity contribution is 0.620. The molecule has 0 heterocycles. The highest BCUT2D eigenvalue weighted by Gasteiger charge is 2.07. The number of hydrogen-bond donors (Lipinski definition) is 1. The standard InChI is InChI=1S/C10H10FIN2/c1-7(5-6-13)14-9-4-2-3-8(11)10(9)12/h2-4,7,14H,5H2,1H3. The Hall–Kier alpha value is -0.830. The second-order valence-electron chi connectivity index (χ2n) is 3.01. The van der Waals surface area contributed by atoms with Crippen LogP contribution in [-0.4, -0.2) is 6.04 Å². The monoisotopic (exact) mass is 304 g/mol. The van der Waals surface area contributed by atoms with Crippen LogP contribution in [-0.2, 0) is 0 Å². The summed E-state index contributed by atoms with van der Waals surface area (Å²) in [5, 5.41) is 11.6. The van der Waals surface area contributed by atoms with Crippen LogP contribution in [0.3, 0.4) is 0 Å². The van der Waals surface area contributed by atoms with Crippen LogP contribution in [0.2, 0.25) is 0 Å². The summed E-state index contributed by atoms with van der Waals surface area (Å²) >= 11 is 1.95. The highest BCUT2D eigenvalue weighted by molar-refractivity contribution is 14.1. The van der Waals surface area contributed by atoms with E-state index in [1.54, 1.807) is 12.1 Å². The van der Waals surface area contributed by atoms with Crippen molar-refractivity contribution in [3.8, 4) is 6.07 Å². The van der Waals surface area contributed by atoms with Gasteiger partial charge in [0.05, 0.1) is 21.7 Å². The molecule has 0 aliphatic carbocycles. The first-order valence-corrected chi connectivity index (χ1v) is 5.30. The Kier molecular flexibility index (Phi) is 4.14. The van der Waals surface area contributed by atoms with Crippen LogP contribution in [0.4, 0.5) is 10.1 Å². The Balaban J connectivity index is 2.77. The lowest BCUT2D eigenvalue weighted by Crippen LogP contribution is -2.15. The zero-order chi connectivity index (χ0) is 10.6. The number of halogens is 2. The summed E-state index contributed by atoms with van der Waals surface area (Å²) in [6, 6.07) is 6.97. The van der Waals surface area contributed by atoms with Gasteiger partial charge in [0.15, 0.2) is 0 Å². The minimum Gasteiger partial charge on any atom is -0.381 e. The van der Waals surface area contributed by atoms with Crippen molar-refractivity contribution in [2.75, 3.05) is 5.32 Å². The first-order valence-electron chi connectivity index (χ1n) is 4.22. The molecule has 2 nitrogen and oxygen atoms in total. The third-order valence-corrected chi connectivity index (χ3v) is 2.85. The zero-order valence-electron chi connectivity index (χ0n) is 7.72. The van der Waals surface area contributed by atoms with Gasteiger partial charge in [-0.2, -0.15) is 5.26 Å². The van der Waals surface area contributed by atoms with Gasteiger partial charge in [0.2, 0.25) is 0 Å². The van der Waals surface area contributed by atoms with E-state index in [-0.39, 0.29) is 11.9 Å². The zero-order valence-corrected chi connectivity index (χ0v) is 9.88. The number of nitrogens with one attached hydrogen (secondary N) is 1. The van der Waals surface area contributed by atoms with Gasteiger partial charge < -0.3 is 5.32 Å². The molecule has 14 heavy (non-hydrogen) atoms. The van der Waals surface area contributed by atoms with E-state index >= 15 is 0 Å². The third kappa shape index (κ3) is 2.84. The molecule has 1 aromatic carbocycles. The predicted octanol–water partition coefficient (Wildman–Crippen LogP) is 3.14.